The molecule has 3 aromatic rings. The average molecular weight is 500 g/mol. The summed E-state index contributed by atoms with van der Waals surface area (Å²) in [5.74, 6) is -0.856. The molecule has 4 rings (SSSR count). The zero-order valence-electron chi connectivity index (χ0n) is 17.7. The van der Waals surface area contributed by atoms with Gasteiger partial charge in [-0.1, -0.05) is 48.5 Å². The van der Waals surface area contributed by atoms with Gasteiger partial charge in [-0.25, -0.2) is 0 Å². The van der Waals surface area contributed by atoms with Crippen LogP contribution in [0.2, 0.25) is 0 Å². The number of hydrogen-bond donors (Lipinski definition) is 0. The van der Waals surface area contributed by atoms with Crippen molar-refractivity contribution in [2.75, 3.05) is 0 Å². The molecular formula is C24H15F3N2O5S. The van der Waals surface area contributed by atoms with Crippen LogP contribution in [0.4, 0.5) is 23.7 Å². The Morgan fingerprint density at radius 1 is 0.971 bits per heavy atom. The highest BCUT2D eigenvalue weighted by Gasteiger charge is 2.36. The molecular weight excluding hydrogens is 485 g/mol. The minimum absolute atomic E-state index is 0.0604. The van der Waals surface area contributed by atoms with Gasteiger partial charge in [-0.3, -0.25) is 24.6 Å². The van der Waals surface area contributed by atoms with Crippen LogP contribution >= 0.6 is 11.8 Å². The smallest absolute Gasteiger partial charge is 0.416 e. The number of alkyl halides is 3. The van der Waals surface area contributed by atoms with Gasteiger partial charge < -0.3 is 4.74 Å². The largest absolute Gasteiger partial charge is 0.449 e. The summed E-state index contributed by atoms with van der Waals surface area (Å²) in [7, 11) is 0. The number of halogens is 3. The number of hydrogen-bond acceptors (Lipinski definition) is 6. The number of imide groups is 1. The van der Waals surface area contributed by atoms with Gasteiger partial charge in [0.2, 0.25) is 5.75 Å². The molecule has 1 fully saturated rings. The van der Waals surface area contributed by atoms with Crippen LogP contribution in [0, 0.1) is 10.1 Å². The number of thioether (sulfide) groups is 1. The molecule has 1 heterocycles. The van der Waals surface area contributed by atoms with Gasteiger partial charge in [-0.15, -0.1) is 0 Å². The van der Waals surface area contributed by atoms with E-state index in [0.29, 0.717) is 17.7 Å². The second-order valence-electron chi connectivity index (χ2n) is 7.33. The van der Waals surface area contributed by atoms with Crippen molar-refractivity contribution in [1.29, 1.82) is 0 Å². The van der Waals surface area contributed by atoms with Crippen molar-refractivity contribution in [3.63, 3.8) is 0 Å². The van der Waals surface area contributed by atoms with Gasteiger partial charge in [-0.2, -0.15) is 13.2 Å². The number of nitro groups is 1. The fourth-order valence-corrected chi connectivity index (χ4v) is 4.11. The molecule has 0 atom stereocenters. The second-order valence-corrected chi connectivity index (χ2v) is 8.32. The van der Waals surface area contributed by atoms with Gasteiger partial charge in [0.25, 0.3) is 11.1 Å². The molecule has 0 saturated carbocycles. The molecule has 0 aromatic heterocycles. The van der Waals surface area contributed by atoms with Crippen LogP contribution in [0.1, 0.15) is 16.7 Å². The molecule has 0 N–H and O–H groups in total. The summed E-state index contributed by atoms with van der Waals surface area (Å²) in [5, 5.41) is 10.9. The van der Waals surface area contributed by atoms with Gasteiger partial charge in [0.15, 0.2) is 0 Å². The van der Waals surface area contributed by atoms with Crippen molar-refractivity contribution < 1.29 is 32.4 Å². The number of para-hydroxylation sites is 1. The molecule has 0 radical (unpaired) electrons. The normalized spacial score (nSPS) is 15.1. The predicted octanol–water partition coefficient (Wildman–Crippen LogP) is 6.64. The molecule has 0 bridgehead atoms. The number of benzene rings is 3. The number of amides is 2. The third-order valence-corrected chi connectivity index (χ3v) is 5.87. The Bertz CT molecular complexity index is 1340. The maximum atomic E-state index is 13.0. The summed E-state index contributed by atoms with van der Waals surface area (Å²) in [6, 6.07) is 17.1. The monoisotopic (exact) mass is 500 g/mol. The highest BCUT2D eigenvalue weighted by Crippen LogP contribution is 2.40. The molecule has 0 aliphatic carbocycles. The first-order chi connectivity index (χ1) is 16.6. The summed E-state index contributed by atoms with van der Waals surface area (Å²) in [4.78, 5) is 36.9. The zero-order valence-corrected chi connectivity index (χ0v) is 18.5. The lowest BCUT2D eigenvalue weighted by Crippen LogP contribution is -2.27. The summed E-state index contributed by atoms with van der Waals surface area (Å²) >= 11 is 0.733. The molecule has 35 heavy (non-hydrogen) atoms. The molecule has 2 amide bonds. The first-order valence-corrected chi connectivity index (χ1v) is 10.9. The Balaban J connectivity index is 1.63. The SMILES string of the molecule is O=C1S/C(=C\c2ccccc2Oc2ccc(C(F)(F)F)cc2[N+](=O)[O-])C(=O)N1Cc1ccccc1. The fraction of sp³-hybridized carbons (Fsp3) is 0.0833. The van der Waals surface area contributed by atoms with E-state index in [-0.39, 0.29) is 17.2 Å². The van der Waals surface area contributed by atoms with Crippen LogP contribution in [0.15, 0.2) is 77.7 Å². The van der Waals surface area contributed by atoms with E-state index in [1.54, 1.807) is 42.5 Å². The summed E-state index contributed by atoms with van der Waals surface area (Å²) in [5.41, 5.74) is -0.962. The molecule has 0 spiro atoms. The van der Waals surface area contributed by atoms with Crippen molar-refractivity contribution in [1.82, 2.24) is 4.90 Å². The Hall–Kier alpha value is -4.12. The first kappa shape index (κ1) is 24.0. The summed E-state index contributed by atoms with van der Waals surface area (Å²) < 4.78 is 44.5. The average Bonchev–Trinajstić information content (AvgIpc) is 3.07. The van der Waals surface area contributed by atoms with Crippen LogP contribution in [0.25, 0.3) is 6.08 Å². The summed E-state index contributed by atoms with van der Waals surface area (Å²) in [6.07, 6.45) is -3.36. The number of carbonyl (C=O) groups is 2. The fourth-order valence-electron chi connectivity index (χ4n) is 3.28. The van der Waals surface area contributed by atoms with E-state index in [0.717, 1.165) is 28.3 Å². The van der Waals surface area contributed by atoms with Gasteiger partial charge in [0, 0.05) is 11.6 Å². The van der Waals surface area contributed by atoms with Crippen LogP contribution in [0.3, 0.4) is 0 Å². The quantitative estimate of drug-likeness (QED) is 0.214. The Morgan fingerprint density at radius 3 is 2.34 bits per heavy atom. The second kappa shape index (κ2) is 9.63. The Labute approximate surface area is 201 Å². The number of carbonyl (C=O) groups excluding carboxylic acids is 2. The Kier molecular flexibility index (Phi) is 6.61. The number of nitro benzene ring substituents is 1. The van der Waals surface area contributed by atoms with Gasteiger partial charge in [0.05, 0.1) is 21.9 Å². The van der Waals surface area contributed by atoms with E-state index < -0.39 is 39.2 Å². The molecule has 1 saturated heterocycles. The van der Waals surface area contributed by atoms with Crippen LogP contribution in [0.5, 0.6) is 11.5 Å². The van der Waals surface area contributed by atoms with Crippen molar-refractivity contribution in [3.8, 4) is 11.5 Å². The molecule has 1 aliphatic rings. The topological polar surface area (TPSA) is 89.7 Å². The Morgan fingerprint density at radius 2 is 1.66 bits per heavy atom. The van der Waals surface area contributed by atoms with Crippen molar-refractivity contribution >= 4 is 34.7 Å². The van der Waals surface area contributed by atoms with Crippen molar-refractivity contribution in [2.45, 2.75) is 12.7 Å². The van der Waals surface area contributed by atoms with Crippen LogP contribution in [-0.2, 0) is 17.5 Å². The predicted molar refractivity (Wildman–Crippen MR) is 123 cm³/mol. The zero-order chi connectivity index (χ0) is 25.2. The number of rotatable bonds is 6. The molecule has 178 valence electrons. The third kappa shape index (κ3) is 5.35. The summed E-state index contributed by atoms with van der Waals surface area (Å²) in [6.45, 7) is 0.0960. The molecule has 7 nitrogen and oxygen atoms in total. The maximum Gasteiger partial charge on any atom is 0.416 e. The van der Waals surface area contributed by atoms with E-state index in [1.807, 2.05) is 6.07 Å². The van der Waals surface area contributed by atoms with Crippen LogP contribution in [-0.4, -0.2) is 21.0 Å². The van der Waals surface area contributed by atoms with Gasteiger partial charge in [0.1, 0.15) is 5.75 Å². The molecule has 3 aromatic carbocycles. The highest BCUT2D eigenvalue weighted by molar-refractivity contribution is 8.18. The van der Waals surface area contributed by atoms with Crippen molar-refractivity contribution in [3.05, 3.63) is 105 Å². The lowest BCUT2D eigenvalue weighted by atomic mass is 10.1. The third-order valence-electron chi connectivity index (χ3n) is 4.97. The van der Waals surface area contributed by atoms with Crippen molar-refractivity contribution in [2.24, 2.45) is 0 Å². The van der Waals surface area contributed by atoms with E-state index in [2.05, 4.69) is 0 Å². The number of nitrogens with zero attached hydrogens (tertiary/aromatic N) is 2. The molecule has 1 aliphatic heterocycles. The number of ether oxygens (including phenoxy) is 1. The molecule has 11 heteroatoms. The maximum absolute atomic E-state index is 13.0. The van der Waals surface area contributed by atoms with E-state index in [4.69, 9.17) is 4.74 Å². The standard InChI is InChI=1S/C24H15F3N2O5S/c25-24(26,27)17-10-11-20(18(13-17)29(32)33)34-19-9-5-4-8-16(19)12-21-22(30)28(23(31)35-21)14-15-6-2-1-3-7-15/h1-13H,14H2/b21-12-. The van der Waals surface area contributed by atoms with E-state index in [9.17, 15) is 32.9 Å². The van der Waals surface area contributed by atoms with Gasteiger partial charge >= 0.3 is 11.9 Å². The lowest BCUT2D eigenvalue weighted by Gasteiger charge is -2.12. The van der Waals surface area contributed by atoms with Gasteiger partial charge in [-0.05, 0) is 41.6 Å². The van der Waals surface area contributed by atoms with E-state index >= 15 is 0 Å². The van der Waals surface area contributed by atoms with Crippen LogP contribution < -0.4 is 4.74 Å². The minimum atomic E-state index is -4.76. The van der Waals surface area contributed by atoms with E-state index in [1.165, 1.54) is 12.1 Å². The minimum Gasteiger partial charge on any atom is -0.449 e. The highest BCUT2D eigenvalue weighted by atomic mass is 32.2. The molecule has 0 unspecified atom stereocenters. The first-order valence-electron chi connectivity index (χ1n) is 10.1. The lowest BCUT2D eigenvalue weighted by molar-refractivity contribution is -0.385.